The maximum atomic E-state index is 13.0. The Labute approximate surface area is 94.5 Å². The van der Waals surface area contributed by atoms with E-state index in [1.54, 1.807) is 0 Å². The van der Waals surface area contributed by atoms with Gasteiger partial charge in [-0.1, -0.05) is 6.07 Å². The van der Waals surface area contributed by atoms with Crippen LogP contribution in [0.2, 0.25) is 0 Å². The Kier molecular flexibility index (Phi) is 2.65. The Morgan fingerprint density at radius 1 is 1.24 bits per heavy atom. The smallest absolute Gasteiger partial charge is 0.228 e. The van der Waals surface area contributed by atoms with Crippen LogP contribution in [-0.4, -0.2) is 9.78 Å². The maximum Gasteiger partial charge on any atom is 0.433 e. The molecule has 0 amide bonds. The lowest BCUT2D eigenvalue weighted by Gasteiger charge is -2.11. The van der Waals surface area contributed by atoms with E-state index < -0.39 is 17.7 Å². The summed E-state index contributed by atoms with van der Waals surface area (Å²) < 4.78 is 52.0. The van der Waals surface area contributed by atoms with E-state index in [9.17, 15) is 17.6 Å². The molecule has 2 aromatic rings. The molecule has 0 aliphatic carbocycles. The summed E-state index contributed by atoms with van der Waals surface area (Å²) in [6.07, 6.45) is -3.42. The molecule has 0 bridgehead atoms. The molecular formula is C11H8F4N2. The van der Waals surface area contributed by atoms with Gasteiger partial charge in [-0.05, 0) is 30.7 Å². The largest absolute Gasteiger partial charge is 0.433 e. The molecule has 0 radical (unpaired) electrons. The molecule has 2 rings (SSSR count). The molecule has 0 aliphatic heterocycles. The molecule has 0 saturated heterocycles. The van der Waals surface area contributed by atoms with Crippen LogP contribution in [0.3, 0.4) is 0 Å². The number of hydrogen-bond acceptors (Lipinski definition) is 1. The standard InChI is InChI=1S/C11H8F4N2/c1-7-6-16-17(10(7)11(13,14)15)9-4-2-3-8(12)5-9/h2-6H,1H3. The van der Waals surface area contributed by atoms with Gasteiger partial charge in [0.25, 0.3) is 0 Å². The zero-order valence-corrected chi connectivity index (χ0v) is 8.79. The Hall–Kier alpha value is -1.85. The van der Waals surface area contributed by atoms with E-state index in [0.29, 0.717) is 4.68 Å². The normalized spacial score (nSPS) is 11.8. The van der Waals surface area contributed by atoms with Crippen molar-refractivity contribution in [2.24, 2.45) is 0 Å². The van der Waals surface area contributed by atoms with Crippen molar-refractivity contribution in [1.82, 2.24) is 9.78 Å². The second-order valence-corrected chi connectivity index (χ2v) is 3.57. The first kappa shape index (κ1) is 11.6. The summed E-state index contributed by atoms with van der Waals surface area (Å²) in [5, 5.41) is 3.62. The first-order chi connectivity index (χ1) is 7.89. The lowest BCUT2D eigenvalue weighted by atomic mass is 10.2. The topological polar surface area (TPSA) is 17.8 Å². The van der Waals surface area contributed by atoms with Gasteiger partial charge in [-0.3, -0.25) is 0 Å². The maximum absolute atomic E-state index is 13.0. The molecular weight excluding hydrogens is 236 g/mol. The lowest BCUT2D eigenvalue weighted by molar-refractivity contribution is -0.143. The van der Waals surface area contributed by atoms with E-state index in [2.05, 4.69) is 5.10 Å². The van der Waals surface area contributed by atoms with Gasteiger partial charge in [0, 0.05) is 0 Å². The summed E-state index contributed by atoms with van der Waals surface area (Å²) in [6.45, 7) is 1.31. The van der Waals surface area contributed by atoms with Gasteiger partial charge in [-0.25, -0.2) is 9.07 Å². The molecule has 0 N–H and O–H groups in total. The third kappa shape index (κ3) is 2.15. The van der Waals surface area contributed by atoms with Gasteiger partial charge in [0.2, 0.25) is 0 Å². The zero-order chi connectivity index (χ0) is 12.6. The summed E-state index contributed by atoms with van der Waals surface area (Å²) >= 11 is 0. The monoisotopic (exact) mass is 244 g/mol. The molecule has 0 saturated carbocycles. The van der Waals surface area contributed by atoms with Crippen molar-refractivity contribution in [2.45, 2.75) is 13.1 Å². The first-order valence-corrected chi connectivity index (χ1v) is 4.77. The number of aromatic nitrogens is 2. The lowest BCUT2D eigenvalue weighted by Crippen LogP contribution is -2.14. The molecule has 1 heterocycles. The molecule has 17 heavy (non-hydrogen) atoms. The van der Waals surface area contributed by atoms with Crippen LogP contribution in [0, 0.1) is 12.7 Å². The molecule has 1 aromatic carbocycles. The SMILES string of the molecule is Cc1cnn(-c2cccc(F)c2)c1C(F)(F)F. The van der Waals surface area contributed by atoms with E-state index in [0.717, 1.165) is 18.3 Å². The van der Waals surface area contributed by atoms with E-state index in [4.69, 9.17) is 0 Å². The number of alkyl halides is 3. The van der Waals surface area contributed by atoms with Crippen molar-refractivity contribution in [3.63, 3.8) is 0 Å². The minimum absolute atomic E-state index is 0.00163. The van der Waals surface area contributed by atoms with Crippen LogP contribution in [0.25, 0.3) is 5.69 Å². The van der Waals surface area contributed by atoms with E-state index in [-0.39, 0.29) is 11.3 Å². The van der Waals surface area contributed by atoms with E-state index in [1.165, 1.54) is 19.1 Å². The van der Waals surface area contributed by atoms with Gasteiger partial charge in [-0.2, -0.15) is 18.3 Å². The number of hydrogen-bond donors (Lipinski definition) is 0. The molecule has 0 spiro atoms. The van der Waals surface area contributed by atoms with Crippen molar-refractivity contribution in [2.75, 3.05) is 0 Å². The molecule has 90 valence electrons. The van der Waals surface area contributed by atoms with Gasteiger partial charge in [-0.15, -0.1) is 0 Å². The van der Waals surface area contributed by atoms with Crippen LogP contribution < -0.4 is 0 Å². The molecule has 0 unspecified atom stereocenters. The number of halogens is 4. The van der Waals surface area contributed by atoms with Gasteiger partial charge >= 0.3 is 6.18 Å². The molecule has 1 aromatic heterocycles. The van der Waals surface area contributed by atoms with Crippen LogP contribution >= 0.6 is 0 Å². The zero-order valence-electron chi connectivity index (χ0n) is 8.79. The molecule has 6 heteroatoms. The highest BCUT2D eigenvalue weighted by Gasteiger charge is 2.37. The van der Waals surface area contributed by atoms with Crippen molar-refractivity contribution in [1.29, 1.82) is 0 Å². The van der Waals surface area contributed by atoms with Gasteiger partial charge in [0.05, 0.1) is 11.9 Å². The predicted octanol–water partition coefficient (Wildman–Crippen LogP) is 3.34. The second kappa shape index (κ2) is 3.87. The minimum Gasteiger partial charge on any atom is -0.228 e. The van der Waals surface area contributed by atoms with Gasteiger partial charge in [0.15, 0.2) is 5.69 Å². The van der Waals surface area contributed by atoms with Crippen molar-refractivity contribution in [3.8, 4) is 5.69 Å². The number of rotatable bonds is 1. The fraction of sp³-hybridized carbons (Fsp3) is 0.182. The third-order valence-electron chi connectivity index (χ3n) is 2.27. The van der Waals surface area contributed by atoms with Gasteiger partial charge < -0.3 is 0 Å². The van der Waals surface area contributed by atoms with Crippen LogP contribution in [-0.2, 0) is 6.18 Å². The summed E-state index contributed by atoms with van der Waals surface area (Å²) in [6, 6.07) is 4.86. The third-order valence-corrected chi connectivity index (χ3v) is 2.27. The molecule has 0 aliphatic rings. The Morgan fingerprint density at radius 2 is 1.94 bits per heavy atom. The minimum atomic E-state index is -4.52. The quantitative estimate of drug-likeness (QED) is 0.703. The Morgan fingerprint density at radius 3 is 2.53 bits per heavy atom. The average molecular weight is 244 g/mol. The van der Waals surface area contributed by atoms with Crippen LogP contribution in [0.4, 0.5) is 17.6 Å². The summed E-state index contributed by atoms with van der Waals surface area (Å²) in [5.41, 5.74) is -0.838. The van der Waals surface area contributed by atoms with Crippen LogP contribution in [0.15, 0.2) is 30.5 Å². The average Bonchev–Trinajstić information content (AvgIpc) is 2.59. The fourth-order valence-corrected chi connectivity index (χ4v) is 1.58. The summed E-state index contributed by atoms with van der Waals surface area (Å²) in [4.78, 5) is 0. The molecule has 2 nitrogen and oxygen atoms in total. The Bertz CT molecular complexity index is 543. The number of nitrogens with zero attached hydrogens (tertiary/aromatic N) is 2. The molecule has 0 atom stereocenters. The summed E-state index contributed by atoms with van der Waals surface area (Å²) in [5.74, 6) is -0.608. The number of benzene rings is 1. The Balaban J connectivity index is 2.61. The van der Waals surface area contributed by atoms with Crippen molar-refractivity contribution < 1.29 is 17.6 Å². The summed E-state index contributed by atoms with van der Waals surface area (Å²) in [7, 11) is 0. The van der Waals surface area contributed by atoms with Gasteiger partial charge in [0.1, 0.15) is 5.82 Å². The van der Waals surface area contributed by atoms with E-state index >= 15 is 0 Å². The first-order valence-electron chi connectivity index (χ1n) is 4.77. The highest BCUT2D eigenvalue weighted by Crippen LogP contribution is 2.33. The van der Waals surface area contributed by atoms with Crippen molar-refractivity contribution >= 4 is 0 Å². The highest BCUT2D eigenvalue weighted by molar-refractivity contribution is 5.36. The van der Waals surface area contributed by atoms with Crippen molar-refractivity contribution in [3.05, 3.63) is 47.5 Å². The predicted molar refractivity (Wildman–Crippen MR) is 53.3 cm³/mol. The van der Waals surface area contributed by atoms with E-state index in [1.807, 2.05) is 0 Å². The highest BCUT2D eigenvalue weighted by atomic mass is 19.4. The van der Waals surface area contributed by atoms with Crippen LogP contribution in [0.5, 0.6) is 0 Å². The fourth-order valence-electron chi connectivity index (χ4n) is 1.58. The van der Waals surface area contributed by atoms with Crippen LogP contribution in [0.1, 0.15) is 11.3 Å². The second-order valence-electron chi connectivity index (χ2n) is 3.57. The molecule has 0 fully saturated rings. The number of aryl methyl sites for hydroxylation is 1.